The number of carbonyl (C=O) groups is 2. The Balaban J connectivity index is 1.56. The van der Waals surface area contributed by atoms with Crippen LogP contribution in [0.3, 0.4) is 0 Å². The zero-order chi connectivity index (χ0) is 29.0. The van der Waals surface area contributed by atoms with Gasteiger partial charge in [0, 0.05) is 38.0 Å². The van der Waals surface area contributed by atoms with Gasteiger partial charge in [-0.15, -0.1) is 22.7 Å². The van der Waals surface area contributed by atoms with Crippen molar-refractivity contribution in [1.29, 1.82) is 5.41 Å². The third-order valence-corrected chi connectivity index (χ3v) is 9.40. The number of hydrogen-bond donors (Lipinski definition) is 5. The first-order valence-corrected chi connectivity index (χ1v) is 15.6. The number of amides is 1. The number of Topliss-reactive ketones (excluding diaryl/α,β-unsaturated/α-hetero) is 1. The summed E-state index contributed by atoms with van der Waals surface area (Å²) < 4.78 is 35.6. The topological polar surface area (TPSA) is 180 Å². The first-order valence-electron chi connectivity index (χ1n) is 12.4. The first kappa shape index (κ1) is 29.3. The summed E-state index contributed by atoms with van der Waals surface area (Å²) in [4.78, 5) is 31.8. The summed E-state index contributed by atoms with van der Waals surface area (Å²) in [6.45, 7) is 2.11. The second-order valence-electron chi connectivity index (χ2n) is 9.36. The van der Waals surface area contributed by atoms with E-state index in [1.54, 1.807) is 5.38 Å². The second-order valence-corrected chi connectivity index (χ2v) is 12.8. The monoisotopic (exact) mass is 605 g/mol. The number of aromatic nitrogens is 1. The fourth-order valence-electron chi connectivity index (χ4n) is 4.12. The standard InChI is InChI=1S/C25H31N7O5S3/c1-14(33)17(5-4-8-28-24(26)27)29-23(34)22-18(7-10-38-22)31-40(35,36)20-12-16(11-15-6-9-37-21(15)20)19-13-39-25(30-19)32(2)3/h7,10-13,17,31H,4-6,8-9H2,1-3H3,(H,29,34)(H4,26,27,28). The lowest BCUT2D eigenvalue weighted by Crippen LogP contribution is -2.40. The van der Waals surface area contributed by atoms with Crippen molar-refractivity contribution in [2.45, 2.75) is 37.1 Å². The molecule has 3 heterocycles. The molecule has 214 valence electrons. The number of ether oxygens (including phenoxy) is 1. The molecule has 2 aromatic heterocycles. The van der Waals surface area contributed by atoms with E-state index in [0.717, 1.165) is 22.0 Å². The van der Waals surface area contributed by atoms with Crippen molar-refractivity contribution in [2.75, 3.05) is 36.9 Å². The van der Waals surface area contributed by atoms with E-state index in [1.165, 1.54) is 30.4 Å². The smallest absolute Gasteiger partial charge is 0.265 e. The highest BCUT2D eigenvalue weighted by molar-refractivity contribution is 7.92. The van der Waals surface area contributed by atoms with Crippen LogP contribution < -0.4 is 30.7 Å². The van der Waals surface area contributed by atoms with Crippen molar-refractivity contribution in [3.63, 3.8) is 0 Å². The van der Waals surface area contributed by atoms with Gasteiger partial charge in [0.05, 0.1) is 24.0 Å². The Morgan fingerprint density at radius 3 is 2.73 bits per heavy atom. The molecule has 1 aliphatic rings. The average Bonchev–Trinajstić information content (AvgIpc) is 3.65. The molecular weight excluding hydrogens is 575 g/mol. The molecular formula is C25H31N7O5S3. The number of carbonyl (C=O) groups excluding carboxylic acids is 2. The van der Waals surface area contributed by atoms with Gasteiger partial charge in [-0.2, -0.15) is 0 Å². The minimum Gasteiger partial charge on any atom is -0.492 e. The van der Waals surface area contributed by atoms with Crippen LogP contribution in [-0.2, 0) is 21.2 Å². The zero-order valence-electron chi connectivity index (χ0n) is 22.2. The molecule has 1 amide bonds. The van der Waals surface area contributed by atoms with Crippen molar-refractivity contribution in [3.05, 3.63) is 39.4 Å². The number of nitrogens with one attached hydrogen (secondary N) is 4. The number of nitrogens with two attached hydrogens (primary N) is 1. The van der Waals surface area contributed by atoms with Gasteiger partial charge in [-0.25, -0.2) is 13.4 Å². The molecule has 1 aromatic carbocycles. The zero-order valence-corrected chi connectivity index (χ0v) is 24.7. The molecule has 0 aliphatic carbocycles. The van der Waals surface area contributed by atoms with Gasteiger partial charge in [-0.3, -0.25) is 19.7 Å². The van der Waals surface area contributed by atoms with E-state index in [2.05, 4.69) is 20.3 Å². The third-order valence-electron chi connectivity index (χ3n) is 6.11. The van der Waals surface area contributed by atoms with Crippen molar-refractivity contribution < 1.29 is 22.7 Å². The van der Waals surface area contributed by atoms with Crippen LogP contribution in [-0.4, -0.2) is 64.3 Å². The Morgan fingerprint density at radius 1 is 1.27 bits per heavy atom. The molecule has 12 nitrogen and oxygen atoms in total. The highest BCUT2D eigenvalue weighted by atomic mass is 32.2. The summed E-state index contributed by atoms with van der Waals surface area (Å²) in [6.07, 6.45) is 1.39. The lowest BCUT2D eigenvalue weighted by Gasteiger charge is -2.17. The van der Waals surface area contributed by atoms with Crippen LogP contribution in [0.5, 0.6) is 5.75 Å². The highest BCUT2D eigenvalue weighted by Gasteiger charge is 2.29. The summed E-state index contributed by atoms with van der Waals surface area (Å²) in [5.74, 6) is -0.693. The molecule has 15 heteroatoms. The largest absolute Gasteiger partial charge is 0.492 e. The van der Waals surface area contributed by atoms with Crippen LogP contribution in [0, 0.1) is 5.41 Å². The molecule has 3 aromatic rings. The summed E-state index contributed by atoms with van der Waals surface area (Å²) in [5.41, 5.74) is 7.45. The third kappa shape index (κ3) is 6.71. The molecule has 1 unspecified atom stereocenters. The number of rotatable bonds is 12. The van der Waals surface area contributed by atoms with Gasteiger partial charge >= 0.3 is 0 Å². The Bertz CT molecular complexity index is 1530. The summed E-state index contributed by atoms with van der Waals surface area (Å²) in [6, 6.07) is 4.17. The molecule has 40 heavy (non-hydrogen) atoms. The van der Waals surface area contributed by atoms with E-state index < -0.39 is 22.0 Å². The number of fused-ring (bicyclic) bond motifs is 1. The maximum Gasteiger partial charge on any atom is 0.265 e. The first-order chi connectivity index (χ1) is 19.0. The number of hydrogen-bond acceptors (Lipinski definition) is 10. The van der Waals surface area contributed by atoms with Crippen LogP contribution >= 0.6 is 22.7 Å². The van der Waals surface area contributed by atoms with E-state index in [0.29, 0.717) is 43.7 Å². The summed E-state index contributed by atoms with van der Waals surface area (Å²) in [5, 5.41) is 16.8. The van der Waals surface area contributed by atoms with Gasteiger partial charge in [0.2, 0.25) is 0 Å². The van der Waals surface area contributed by atoms with E-state index in [4.69, 9.17) is 15.9 Å². The minimum atomic E-state index is -4.17. The van der Waals surface area contributed by atoms with E-state index in [-0.39, 0.29) is 33.0 Å². The number of benzene rings is 1. The molecule has 0 radical (unpaired) electrons. The van der Waals surface area contributed by atoms with Gasteiger partial charge in [0.25, 0.3) is 15.9 Å². The maximum absolute atomic E-state index is 13.7. The quantitative estimate of drug-likeness (QED) is 0.118. The molecule has 0 fully saturated rings. The van der Waals surface area contributed by atoms with E-state index >= 15 is 0 Å². The normalized spacial score (nSPS) is 13.2. The predicted molar refractivity (Wildman–Crippen MR) is 157 cm³/mol. The number of nitrogens with zero attached hydrogens (tertiary/aromatic N) is 2. The average molecular weight is 606 g/mol. The van der Waals surface area contributed by atoms with Gasteiger partial charge in [-0.1, -0.05) is 0 Å². The van der Waals surface area contributed by atoms with Gasteiger partial charge in [0.1, 0.15) is 15.5 Å². The SMILES string of the molecule is CC(=O)C(CCCNC(=N)N)NC(=O)c1sccc1NS(=O)(=O)c1cc(-c2csc(N(C)C)n2)cc2c1OCC2. The Morgan fingerprint density at radius 2 is 2.05 bits per heavy atom. The van der Waals surface area contributed by atoms with Gasteiger partial charge in [-0.05, 0) is 48.9 Å². The van der Waals surface area contributed by atoms with Crippen LogP contribution in [0.4, 0.5) is 10.8 Å². The van der Waals surface area contributed by atoms with Crippen molar-refractivity contribution in [1.82, 2.24) is 15.6 Å². The van der Waals surface area contributed by atoms with Crippen LogP contribution in [0.1, 0.15) is 35.0 Å². The lowest BCUT2D eigenvalue weighted by molar-refractivity contribution is -0.119. The van der Waals surface area contributed by atoms with Crippen molar-refractivity contribution in [2.24, 2.45) is 5.73 Å². The fourth-order valence-corrected chi connectivity index (χ4v) is 6.99. The molecule has 0 spiro atoms. The Labute approximate surface area is 240 Å². The molecule has 1 aliphatic heterocycles. The summed E-state index contributed by atoms with van der Waals surface area (Å²) in [7, 11) is -0.392. The summed E-state index contributed by atoms with van der Waals surface area (Å²) >= 11 is 2.51. The number of ketones is 1. The highest BCUT2D eigenvalue weighted by Crippen LogP contribution is 2.39. The number of thiophene rings is 1. The number of guanidine groups is 1. The van der Waals surface area contributed by atoms with Crippen molar-refractivity contribution in [3.8, 4) is 17.0 Å². The molecule has 0 bridgehead atoms. The van der Waals surface area contributed by atoms with Crippen LogP contribution in [0.25, 0.3) is 11.3 Å². The van der Waals surface area contributed by atoms with Crippen LogP contribution in [0.15, 0.2) is 33.9 Å². The van der Waals surface area contributed by atoms with E-state index in [9.17, 15) is 18.0 Å². The number of anilines is 2. The minimum absolute atomic E-state index is 0.0333. The Hall–Kier alpha value is -3.69. The lowest BCUT2D eigenvalue weighted by atomic mass is 10.1. The van der Waals surface area contributed by atoms with Crippen molar-refractivity contribution >= 4 is 61.2 Å². The van der Waals surface area contributed by atoms with Gasteiger partial charge < -0.3 is 26.0 Å². The number of thiazole rings is 1. The van der Waals surface area contributed by atoms with Gasteiger partial charge in [0.15, 0.2) is 16.9 Å². The molecule has 0 saturated heterocycles. The maximum atomic E-state index is 13.7. The fraction of sp³-hybridized carbons (Fsp3) is 0.360. The molecule has 0 saturated carbocycles. The molecule has 6 N–H and O–H groups in total. The Kier molecular flexibility index (Phi) is 8.95. The van der Waals surface area contributed by atoms with Crippen LogP contribution in [0.2, 0.25) is 0 Å². The molecule has 1 atom stereocenters. The second kappa shape index (κ2) is 12.2. The predicted octanol–water partition coefficient (Wildman–Crippen LogP) is 2.62. The van der Waals surface area contributed by atoms with E-state index in [1.807, 2.05) is 30.4 Å². The molecule has 4 rings (SSSR count). The number of sulfonamides is 1.